The average Bonchev–Trinajstić information content (AvgIpc) is 2.86. The van der Waals surface area contributed by atoms with E-state index in [1.165, 1.54) is 11.3 Å². The Morgan fingerprint density at radius 1 is 1.43 bits per heavy atom. The van der Waals surface area contributed by atoms with Gasteiger partial charge in [0.05, 0.1) is 17.1 Å². The van der Waals surface area contributed by atoms with Crippen LogP contribution in [0.3, 0.4) is 0 Å². The van der Waals surface area contributed by atoms with Crippen molar-refractivity contribution in [2.45, 2.75) is 39.5 Å². The molecule has 2 unspecified atom stereocenters. The molecular formula is C15H22N2O3S. The molecule has 0 radical (unpaired) electrons. The molecule has 2 atom stereocenters. The molecule has 1 aliphatic heterocycles. The molecule has 1 N–H and O–H groups in total. The van der Waals surface area contributed by atoms with Gasteiger partial charge in [0.15, 0.2) is 0 Å². The van der Waals surface area contributed by atoms with Gasteiger partial charge in [-0.15, -0.1) is 11.3 Å². The summed E-state index contributed by atoms with van der Waals surface area (Å²) in [6.45, 7) is 9.02. The maximum Gasteiger partial charge on any atom is 0.306 e. The van der Waals surface area contributed by atoms with Gasteiger partial charge < -0.3 is 10.0 Å². The molecular weight excluding hydrogens is 288 g/mol. The summed E-state index contributed by atoms with van der Waals surface area (Å²) in [6.07, 6.45) is 0.520. The number of piperidine rings is 1. The fraction of sp³-hybridized carbons (Fsp3) is 0.667. The number of carboxylic acid groups (broad SMARTS) is 1. The standard InChI is InChI=1S/C15H22N2O3S/c1-9-7-17(6-5-10(9)14(19)20)13(18)11-12(15(2,3)4)16-8-21-11/h8-10H,5-7H2,1-4H3,(H,19,20). The van der Waals surface area contributed by atoms with Crippen molar-refractivity contribution in [2.75, 3.05) is 13.1 Å². The molecule has 1 aromatic heterocycles. The Balaban J connectivity index is 2.16. The predicted molar refractivity (Wildman–Crippen MR) is 81.6 cm³/mol. The van der Waals surface area contributed by atoms with Crippen LogP contribution in [0.4, 0.5) is 0 Å². The normalized spacial score (nSPS) is 23.1. The third kappa shape index (κ3) is 3.26. The second kappa shape index (κ2) is 5.75. The number of rotatable bonds is 2. The smallest absolute Gasteiger partial charge is 0.306 e. The molecule has 1 amide bonds. The summed E-state index contributed by atoms with van der Waals surface area (Å²) in [5, 5.41) is 9.16. The van der Waals surface area contributed by atoms with Crippen LogP contribution >= 0.6 is 11.3 Å². The number of aliphatic carboxylic acids is 1. The number of hydrogen-bond acceptors (Lipinski definition) is 4. The quantitative estimate of drug-likeness (QED) is 0.911. The lowest BCUT2D eigenvalue weighted by molar-refractivity contribution is -0.145. The third-order valence-electron chi connectivity index (χ3n) is 3.98. The molecule has 1 fully saturated rings. The zero-order valence-electron chi connectivity index (χ0n) is 12.9. The first-order chi connectivity index (χ1) is 9.71. The number of likely N-dealkylation sites (tertiary alicyclic amines) is 1. The molecule has 2 rings (SSSR count). The number of carboxylic acids is 1. The van der Waals surface area contributed by atoms with Gasteiger partial charge in [-0.25, -0.2) is 4.98 Å². The van der Waals surface area contributed by atoms with E-state index in [0.29, 0.717) is 24.4 Å². The average molecular weight is 310 g/mol. The largest absolute Gasteiger partial charge is 0.481 e. The van der Waals surface area contributed by atoms with Crippen LogP contribution in [-0.2, 0) is 10.2 Å². The minimum Gasteiger partial charge on any atom is -0.481 e. The van der Waals surface area contributed by atoms with Crippen LogP contribution in [0.2, 0.25) is 0 Å². The van der Waals surface area contributed by atoms with Crippen LogP contribution in [0.15, 0.2) is 5.51 Å². The zero-order chi connectivity index (χ0) is 15.8. The van der Waals surface area contributed by atoms with Crippen molar-refractivity contribution in [3.05, 3.63) is 16.1 Å². The number of thiazole rings is 1. The van der Waals surface area contributed by atoms with Gasteiger partial charge in [-0.2, -0.15) is 0 Å². The van der Waals surface area contributed by atoms with Gasteiger partial charge in [0.25, 0.3) is 5.91 Å². The molecule has 0 spiro atoms. The molecule has 1 aliphatic rings. The van der Waals surface area contributed by atoms with Gasteiger partial charge in [0.1, 0.15) is 4.88 Å². The van der Waals surface area contributed by atoms with Gasteiger partial charge in [0, 0.05) is 18.5 Å². The van der Waals surface area contributed by atoms with Crippen molar-refractivity contribution in [3.8, 4) is 0 Å². The topological polar surface area (TPSA) is 70.5 Å². The van der Waals surface area contributed by atoms with E-state index < -0.39 is 5.97 Å². The molecule has 1 aromatic rings. The lowest BCUT2D eigenvalue weighted by Crippen LogP contribution is -2.45. The van der Waals surface area contributed by atoms with Gasteiger partial charge in [-0.3, -0.25) is 9.59 Å². The SMILES string of the molecule is CC1CN(C(=O)c2scnc2C(C)(C)C)CCC1C(=O)O. The van der Waals surface area contributed by atoms with Crippen molar-refractivity contribution in [3.63, 3.8) is 0 Å². The molecule has 0 saturated carbocycles. The maximum absolute atomic E-state index is 12.7. The summed E-state index contributed by atoms with van der Waals surface area (Å²) in [7, 11) is 0. The van der Waals surface area contributed by atoms with Crippen molar-refractivity contribution < 1.29 is 14.7 Å². The van der Waals surface area contributed by atoms with Crippen LogP contribution in [0.1, 0.15) is 49.5 Å². The highest BCUT2D eigenvalue weighted by molar-refractivity contribution is 7.11. The van der Waals surface area contributed by atoms with Gasteiger partial charge >= 0.3 is 5.97 Å². The summed E-state index contributed by atoms with van der Waals surface area (Å²) < 4.78 is 0. The van der Waals surface area contributed by atoms with Crippen molar-refractivity contribution in [1.29, 1.82) is 0 Å². The molecule has 1 saturated heterocycles. The molecule has 6 heteroatoms. The van der Waals surface area contributed by atoms with E-state index >= 15 is 0 Å². The van der Waals surface area contributed by atoms with Crippen LogP contribution in [-0.4, -0.2) is 40.0 Å². The van der Waals surface area contributed by atoms with Crippen molar-refractivity contribution in [2.24, 2.45) is 11.8 Å². The Labute approximate surface area is 129 Å². The molecule has 5 nitrogen and oxygen atoms in total. The number of hydrogen-bond donors (Lipinski definition) is 1. The zero-order valence-corrected chi connectivity index (χ0v) is 13.7. The summed E-state index contributed by atoms with van der Waals surface area (Å²) in [5.74, 6) is -1.15. The minimum atomic E-state index is -0.761. The number of carbonyl (C=O) groups excluding carboxylic acids is 1. The van der Waals surface area contributed by atoms with Crippen LogP contribution < -0.4 is 0 Å². The molecule has 2 heterocycles. The molecule has 0 aliphatic carbocycles. The fourth-order valence-corrected chi connectivity index (χ4v) is 3.74. The first-order valence-corrected chi connectivity index (χ1v) is 8.06. The van der Waals surface area contributed by atoms with E-state index in [9.17, 15) is 9.59 Å². The number of aromatic nitrogens is 1. The Hall–Kier alpha value is -1.43. The number of carbonyl (C=O) groups is 2. The lowest BCUT2D eigenvalue weighted by atomic mass is 9.86. The lowest BCUT2D eigenvalue weighted by Gasteiger charge is -2.35. The van der Waals surface area contributed by atoms with Crippen molar-refractivity contribution in [1.82, 2.24) is 9.88 Å². The van der Waals surface area contributed by atoms with E-state index in [0.717, 1.165) is 5.69 Å². The molecule has 0 bridgehead atoms. The summed E-state index contributed by atoms with van der Waals surface area (Å²) in [5.41, 5.74) is 2.36. The van der Waals surface area contributed by atoms with E-state index in [4.69, 9.17) is 5.11 Å². The van der Waals surface area contributed by atoms with Crippen LogP contribution in [0.5, 0.6) is 0 Å². The maximum atomic E-state index is 12.7. The first kappa shape index (κ1) is 15.9. The second-order valence-electron chi connectivity index (χ2n) is 6.74. The highest BCUT2D eigenvalue weighted by atomic mass is 32.1. The molecule has 0 aromatic carbocycles. The van der Waals surface area contributed by atoms with Gasteiger partial charge in [-0.05, 0) is 12.3 Å². The number of amides is 1. The summed E-state index contributed by atoms with van der Waals surface area (Å²) >= 11 is 1.37. The second-order valence-corrected chi connectivity index (χ2v) is 7.60. The summed E-state index contributed by atoms with van der Waals surface area (Å²) in [6, 6.07) is 0. The van der Waals surface area contributed by atoms with Gasteiger partial charge in [-0.1, -0.05) is 27.7 Å². The first-order valence-electron chi connectivity index (χ1n) is 7.18. The minimum absolute atomic E-state index is 0.0156. The fourth-order valence-electron chi connectivity index (χ4n) is 2.77. The van der Waals surface area contributed by atoms with Crippen molar-refractivity contribution >= 4 is 23.2 Å². The van der Waals surface area contributed by atoms with Crippen LogP contribution in [0.25, 0.3) is 0 Å². The third-order valence-corrected chi connectivity index (χ3v) is 4.80. The monoisotopic (exact) mass is 310 g/mol. The Kier molecular flexibility index (Phi) is 4.37. The van der Waals surface area contributed by atoms with E-state index in [1.54, 1.807) is 10.4 Å². The van der Waals surface area contributed by atoms with E-state index in [2.05, 4.69) is 4.98 Å². The highest BCUT2D eigenvalue weighted by Crippen LogP contribution is 2.30. The Morgan fingerprint density at radius 3 is 2.62 bits per heavy atom. The summed E-state index contributed by atoms with van der Waals surface area (Å²) in [4.78, 5) is 30.6. The van der Waals surface area contributed by atoms with E-state index in [-0.39, 0.29) is 23.2 Å². The van der Waals surface area contributed by atoms with Crippen LogP contribution in [0, 0.1) is 11.8 Å². The Morgan fingerprint density at radius 2 is 2.10 bits per heavy atom. The van der Waals surface area contributed by atoms with E-state index in [1.807, 2.05) is 27.7 Å². The molecule has 21 heavy (non-hydrogen) atoms. The predicted octanol–water partition coefficient (Wildman–Crippen LogP) is 2.62. The van der Waals surface area contributed by atoms with Gasteiger partial charge in [0.2, 0.25) is 0 Å². The Bertz CT molecular complexity index is 547. The molecule has 116 valence electrons. The number of nitrogens with zero attached hydrogens (tertiary/aromatic N) is 2. The highest BCUT2D eigenvalue weighted by Gasteiger charge is 2.35.